The van der Waals surface area contributed by atoms with Crippen LogP contribution in [0.2, 0.25) is 0 Å². The van der Waals surface area contributed by atoms with Gasteiger partial charge in [-0.25, -0.2) is 0 Å². The lowest BCUT2D eigenvalue weighted by Gasteiger charge is -2.30. The standard InChI is InChI=1S/C26H31N3O2/c1-4-14-29(15-5-2)25-20-11-8-9-18(3)24(20)27-17-21(25)26(30)28-22-13-16-31-23-12-7-6-10-19(22)23/h6-12,17,22H,4-5,13-16H2,1-3H3,(H,28,30)/t22-/m0/s1. The zero-order valence-corrected chi connectivity index (χ0v) is 18.6. The van der Waals surface area contributed by atoms with E-state index in [0.717, 1.165) is 65.8 Å². The molecule has 0 fully saturated rings. The highest BCUT2D eigenvalue weighted by molar-refractivity contribution is 6.08. The van der Waals surface area contributed by atoms with Crippen molar-refractivity contribution in [1.29, 1.82) is 0 Å². The van der Waals surface area contributed by atoms with Crippen molar-refractivity contribution in [2.24, 2.45) is 0 Å². The maximum atomic E-state index is 13.6. The molecular formula is C26H31N3O2. The van der Waals surface area contributed by atoms with E-state index in [2.05, 4.69) is 49.2 Å². The van der Waals surface area contributed by atoms with Gasteiger partial charge in [0, 0.05) is 36.7 Å². The Hall–Kier alpha value is -3.08. The molecule has 2 heterocycles. The Morgan fingerprint density at radius 3 is 2.68 bits per heavy atom. The molecule has 4 rings (SSSR count). The summed E-state index contributed by atoms with van der Waals surface area (Å²) >= 11 is 0. The molecule has 5 heteroatoms. The van der Waals surface area contributed by atoms with Crippen molar-refractivity contribution in [2.45, 2.75) is 46.1 Å². The van der Waals surface area contributed by atoms with Gasteiger partial charge in [-0.05, 0) is 31.4 Å². The summed E-state index contributed by atoms with van der Waals surface area (Å²) in [6.07, 6.45) is 4.55. The topological polar surface area (TPSA) is 54.5 Å². The van der Waals surface area contributed by atoms with E-state index in [1.165, 1.54) is 0 Å². The van der Waals surface area contributed by atoms with Gasteiger partial charge in [-0.2, -0.15) is 0 Å². The van der Waals surface area contributed by atoms with Crippen LogP contribution in [0.3, 0.4) is 0 Å². The van der Waals surface area contributed by atoms with Gasteiger partial charge in [0.15, 0.2) is 0 Å². The molecule has 0 aliphatic carbocycles. The van der Waals surface area contributed by atoms with Crippen LogP contribution in [0.4, 0.5) is 5.69 Å². The highest BCUT2D eigenvalue weighted by Crippen LogP contribution is 2.34. The Kier molecular flexibility index (Phi) is 6.40. The number of fused-ring (bicyclic) bond motifs is 2. The van der Waals surface area contributed by atoms with E-state index in [0.29, 0.717) is 12.2 Å². The maximum Gasteiger partial charge on any atom is 0.255 e. The predicted molar refractivity (Wildman–Crippen MR) is 126 cm³/mol. The Morgan fingerprint density at radius 2 is 1.90 bits per heavy atom. The van der Waals surface area contributed by atoms with Crippen molar-refractivity contribution in [3.8, 4) is 5.75 Å². The maximum absolute atomic E-state index is 13.6. The van der Waals surface area contributed by atoms with Crippen molar-refractivity contribution in [3.63, 3.8) is 0 Å². The minimum Gasteiger partial charge on any atom is -0.493 e. The fourth-order valence-electron chi connectivity index (χ4n) is 4.47. The molecule has 31 heavy (non-hydrogen) atoms. The zero-order chi connectivity index (χ0) is 21.8. The van der Waals surface area contributed by atoms with Crippen LogP contribution in [0.15, 0.2) is 48.7 Å². The number of aryl methyl sites for hydroxylation is 1. The Morgan fingerprint density at radius 1 is 1.13 bits per heavy atom. The highest BCUT2D eigenvalue weighted by atomic mass is 16.5. The van der Waals surface area contributed by atoms with Gasteiger partial charge >= 0.3 is 0 Å². The first-order valence-corrected chi connectivity index (χ1v) is 11.3. The number of ether oxygens (including phenoxy) is 1. The number of hydrogen-bond acceptors (Lipinski definition) is 4. The summed E-state index contributed by atoms with van der Waals surface area (Å²) in [7, 11) is 0. The molecule has 2 aromatic carbocycles. The SMILES string of the molecule is CCCN(CCC)c1c(C(=O)N[C@H]2CCOc3ccccc32)cnc2c(C)cccc12. The summed E-state index contributed by atoms with van der Waals surface area (Å²) in [6, 6.07) is 14.1. The van der Waals surface area contributed by atoms with E-state index in [4.69, 9.17) is 9.72 Å². The lowest BCUT2D eigenvalue weighted by Crippen LogP contribution is -2.34. The predicted octanol–water partition coefficient (Wildman–Crippen LogP) is 5.42. The Bertz CT molecular complexity index is 1070. The number of rotatable bonds is 7. The van der Waals surface area contributed by atoms with Crippen molar-refractivity contribution in [3.05, 3.63) is 65.4 Å². The zero-order valence-electron chi connectivity index (χ0n) is 18.6. The van der Waals surface area contributed by atoms with Crippen LogP contribution < -0.4 is 15.0 Å². The molecule has 0 unspecified atom stereocenters. The third kappa shape index (κ3) is 4.22. The molecule has 1 N–H and O–H groups in total. The summed E-state index contributed by atoms with van der Waals surface area (Å²) in [5, 5.41) is 4.31. The second kappa shape index (κ2) is 9.38. The number of carbonyl (C=O) groups excluding carboxylic acids is 1. The van der Waals surface area contributed by atoms with Gasteiger partial charge in [0.2, 0.25) is 0 Å². The van der Waals surface area contributed by atoms with Crippen LogP contribution in [-0.2, 0) is 0 Å². The number of hydrogen-bond donors (Lipinski definition) is 1. The first-order chi connectivity index (χ1) is 15.1. The fourth-order valence-corrected chi connectivity index (χ4v) is 4.47. The molecule has 3 aromatic rings. The molecule has 0 saturated carbocycles. The van der Waals surface area contributed by atoms with E-state index < -0.39 is 0 Å². The third-order valence-electron chi connectivity index (χ3n) is 5.88. The van der Waals surface area contributed by atoms with Crippen molar-refractivity contribution < 1.29 is 9.53 Å². The van der Waals surface area contributed by atoms with Gasteiger partial charge in [-0.15, -0.1) is 0 Å². The summed E-state index contributed by atoms with van der Waals surface area (Å²) in [4.78, 5) is 20.6. The summed E-state index contributed by atoms with van der Waals surface area (Å²) < 4.78 is 5.77. The van der Waals surface area contributed by atoms with Crippen LogP contribution in [0.1, 0.15) is 60.6 Å². The minimum atomic E-state index is -0.0789. The molecule has 1 aliphatic rings. The van der Waals surface area contributed by atoms with Crippen LogP contribution in [0, 0.1) is 6.92 Å². The van der Waals surface area contributed by atoms with Gasteiger partial charge in [0.25, 0.3) is 5.91 Å². The summed E-state index contributed by atoms with van der Waals surface area (Å²) in [5.74, 6) is 0.773. The first-order valence-electron chi connectivity index (χ1n) is 11.3. The van der Waals surface area contributed by atoms with Gasteiger partial charge in [-0.1, -0.05) is 50.2 Å². The number of anilines is 1. The fraction of sp³-hybridized carbons (Fsp3) is 0.385. The molecule has 5 nitrogen and oxygen atoms in total. The number of para-hydroxylation sites is 2. The second-order valence-electron chi connectivity index (χ2n) is 8.18. The summed E-state index contributed by atoms with van der Waals surface area (Å²) in [6.45, 7) is 8.83. The quantitative estimate of drug-likeness (QED) is 0.557. The largest absolute Gasteiger partial charge is 0.493 e. The monoisotopic (exact) mass is 417 g/mol. The van der Waals surface area contributed by atoms with E-state index in [9.17, 15) is 4.79 Å². The van der Waals surface area contributed by atoms with E-state index in [1.54, 1.807) is 6.20 Å². The van der Waals surface area contributed by atoms with Crippen molar-refractivity contribution in [1.82, 2.24) is 10.3 Å². The number of amides is 1. The van der Waals surface area contributed by atoms with E-state index >= 15 is 0 Å². The lowest BCUT2D eigenvalue weighted by atomic mass is 9.99. The molecule has 0 saturated heterocycles. The number of pyridine rings is 1. The Labute approximate surface area is 184 Å². The van der Waals surface area contributed by atoms with Crippen LogP contribution in [-0.4, -0.2) is 30.6 Å². The minimum absolute atomic E-state index is 0.0655. The number of carbonyl (C=O) groups is 1. The molecule has 1 aliphatic heterocycles. The molecular weight excluding hydrogens is 386 g/mol. The van der Waals surface area contributed by atoms with Gasteiger partial charge in [0.1, 0.15) is 5.75 Å². The van der Waals surface area contributed by atoms with Crippen molar-refractivity contribution in [2.75, 3.05) is 24.6 Å². The summed E-state index contributed by atoms with van der Waals surface area (Å²) in [5.41, 5.74) is 4.76. The van der Waals surface area contributed by atoms with E-state index in [1.807, 2.05) is 24.3 Å². The number of benzene rings is 2. The average molecular weight is 418 g/mol. The molecule has 0 bridgehead atoms. The number of aromatic nitrogens is 1. The van der Waals surface area contributed by atoms with Crippen LogP contribution in [0.5, 0.6) is 5.75 Å². The molecule has 1 aromatic heterocycles. The number of nitrogens with zero attached hydrogens (tertiary/aromatic N) is 2. The van der Waals surface area contributed by atoms with E-state index in [-0.39, 0.29) is 11.9 Å². The highest BCUT2D eigenvalue weighted by Gasteiger charge is 2.26. The molecule has 1 atom stereocenters. The van der Waals surface area contributed by atoms with Crippen LogP contribution >= 0.6 is 0 Å². The first kappa shape index (κ1) is 21.2. The van der Waals surface area contributed by atoms with Gasteiger partial charge in [0.05, 0.1) is 29.4 Å². The van der Waals surface area contributed by atoms with Crippen molar-refractivity contribution >= 4 is 22.5 Å². The van der Waals surface area contributed by atoms with Gasteiger partial charge < -0.3 is 15.0 Å². The molecule has 0 spiro atoms. The number of nitrogens with one attached hydrogen (secondary N) is 1. The van der Waals surface area contributed by atoms with Crippen LogP contribution in [0.25, 0.3) is 10.9 Å². The Balaban J connectivity index is 1.76. The van der Waals surface area contributed by atoms with Gasteiger partial charge in [-0.3, -0.25) is 9.78 Å². The molecule has 0 radical (unpaired) electrons. The smallest absolute Gasteiger partial charge is 0.255 e. The lowest BCUT2D eigenvalue weighted by molar-refractivity contribution is 0.0925. The molecule has 1 amide bonds. The third-order valence-corrected chi connectivity index (χ3v) is 5.88. The molecule has 162 valence electrons. The second-order valence-corrected chi connectivity index (χ2v) is 8.18. The average Bonchev–Trinajstić information content (AvgIpc) is 2.79. The normalized spacial score (nSPS) is 15.3.